The van der Waals surface area contributed by atoms with Crippen molar-refractivity contribution in [1.82, 2.24) is 15.6 Å². The van der Waals surface area contributed by atoms with E-state index >= 15 is 0 Å². The highest BCUT2D eigenvalue weighted by Crippen LogP contribution is 2.07. The minimum atomic E-state index is -2.96. The number of rotatable bonds is 10. The molecule has 132 valence electrons. The number of nitrogens with zero attached hydrogens (tertiary/aromatic N) is 2. The van der Waals surface area contributed by atoms with Crippen LogP contribution in [-0.2, 0) is 21.0 Å². The van der Waals surface area contributed by atoms with Crippen LogP contribution in [0.2, 0.25) is 0 Å². The van der Waals surface area contributed by atoms with Crippen LogP contribution in [0.1, 0.15) is 17.6 Å². The van der Waals surface area contributed by atoms with E-state index in [2.05, 4.69) is 26.0 Å². The van der Waals surface area contributed by atoms with Crippen LogP contribution in [0.3, 0.4) is 0 Å². The van der Waals surface area contributed by atoms with Crippen molar-refractivity contribution in [2.45, 2.75) is 20.3 Å². The Morgan fingerprint density at radius 1 is 1.39 bits per heavy atom. The maximum absolute atomic E-state index is 11.0. The molecule has 2 N–H and O–H groups in total. The highest BCUT2D eigenvalue weighted by Gasteiger charge is 2.02. The zero-order valence-corrected chi connectivity index (χ0v) is 15.6. The molecule has 0 aromatic carbocycles. The summed E-state index contributed by atoms with van der Waals surface area (Å²) >= 11 is 1.65. The first-order chi connectivity index (χ1) is 10.9. The molecule has 0 amide bonds. The molecule has 0 fully saturated rings. The Balaban J connectivity index is 2.24. The Labute approximate surface area is 142 Å². The molecular formula is C14H26N4O3S2. The number of ether oxygens (including phenoxy) is 1. The number of guanidine groups is 1. The average molecular weight is 363 g/mol. The van der Waals surface area contributed by atoms with E-state index in [-0.39, 0.29) is 12.4 Å². The smallest absolute Gasteiger partial charge is 0.191 e. The Hall–Kier alpha value is -1.19. The van der Waals surface area contributed by atoms with Gasteiger partial charge in [-0.05, 0) is 13.8 Å². The van der Waals surface area contributed by atoms with Gasteiger partial charge in [-0.25, -0.2) is 13.4 Å². The number of hydrogen-bond donors (Lipinski definition) is 2. The quantitative estimate of drug-likeness (QED) is 0.360. The van der Waals surface area contributed by atoms with Crippen LogP contribution < -0.4 is 10.6 Å². The molecule has 0 atom stereocenters. The van der Waals surface area contributed by atoms with E-state index in [0.717, 1.165) is 36.2 Å². The van der Waals surface area contributed by atoms with E-state index in [1.165, 1.54) is 6.26 Å². The van der Waals surface area contributed by atoms with Crippen molar-refractivity contribution in [2.24, 2.45) is 4.99 Å². The van der Waals surface area contributed by atoms with Crippen molar-refractivity contribution in [2.75, 3.05) is 44.9 Å². The number of aryl methyl sites for hydroxylation is 1. The second-order valence-corrected chi connectivity index (χ2v) is 8.36. The number of sulfone groups is 1. The second-order valence-electron chi connectivity index (χ2n) is 5.04. The van der Waals surface area contributed by atoms with Gasteiger partial charge in [-0.1, -0.05) is 0 Å². The summed E-state index contributed by atoms with van der Waals surface area (Å²) in [5.41, 5.74) is 1.08. The summed E-state index contributed by atoms with van der Waals surface area (Å²) in [7, 11) is -2.96. The first-order valence-electron chi connectivity index (χ1n) is 7.59. The number of aliphatic imine (C=N–C) groups is 1. The lowest BCUT2D eigenvalue weighted by molar-refractivity contribution is 0.157. The topological polar surface area (TPSA) is 92.7 Å². The zero-order chi connectivity index (χ0) is 17.1. The molecule has 0 saturated carbocycles. The molecule has 0 unspecified atom stereocenters. The van der Waals surface area contributed by atoms with Crippen LogP contribution >= 0.6 is 11.3 Å². The van der Waals surface area contributed by atoms with Crippen LogP contribution in [0, 0.1) is 6.92 Å². The van der Waals surface area contributed by atoms with E-state index in [0.29, 0.717) is 13.2 Å². The van der Waals surface area contributed by atoms with Gasteiger partial charge in [0.2, 0.25) is 0 Å². The van der Waals surface area contributed by atoms with Crippen molar-refractivity contribution >= 4 is 27.1 Å². The zero-order valence-electron chi connectivity index (χ0n) is 14.0. The van der Waals surface area contributed by atoms with Crippen molar-refractivity contribution < 1.29 is 13.2 Å². The number of nitrogens with one attached hydrogen (secondary N) is 2. The van der Waals surface area contributed by atoms with Crippen LogP contribution in [-0.4, -0.2) is 64.2 Å². The number of hydrogen-bond acceptors (Lipinski definition) is 6. The first-order valence-corrected chi connectivity index (χ1v) is 10.5. The minimum absolute atomic E-state index is 0.0437. The molecule has 0 radical (unpaired) electrons. The molecule has 0 aliphatic rings. The molecular weight excluding hydrogens is 336 g/mol. The van der Waals surface area contributed by atoms with Gasteiger partial charge in [-0.2, -0.15) is 0 Å². The Bertz CT molecular complexity index is 585. The normalized spacial score (nSPS) is 12.4. The molecule has 0 aliphatic heterocycles. The maximum Gasteiger partial charge on any atom is 0.191 e. The van der Waals surface area contributed by atoms with Crippen molar-refractivity contribution in [3.63, 3.8) is 0 Å². The molecule has 1 rings (SSSR count). The summed E-state index contributed by atoms with van der Waals surface area (Å²) < 4.78 is 27.2. The van der Waals surface area contributed by atoms with Crippen LogP contribution in [0.15, 0.2) is 10.4 Å². The van der Waals surface area contributed by atoms with E-state index in [1.54, 1.807) is 11.3 Å². The Morgan fingerprint density at radius 3 is 2.78 bits per heavy atom. The first kappa shape index (κ1) is 19.9. The number of aromatic nitrogens is 1. The summed E-state index contributed by atoms with van der Waals surface area (Å²) in [6.07, 6.45) is 2.05. The number of thiazole rings is 1. The largest absolute Gasteiger partial charge is 0.378 e. The molecule has 0 saturated heterocycles. The summed E-state index contributed by atoms with van der Waals surface area (Å²) in [5.74, 6) is 0.772. The summed E-state index contributed by atoms with van der Waals surface area (Å²) in [4.78, 5) is 8.80. The molecule has 7 nitrogen and oxygen atoms in total. The van der Waals surface area contributed by atoms with Crippen LogP contribution in [0.4, 0.5) is 0 Å². The van der Waals surface area contributed by atoms with E-state index in [9.17, 15) is 8.42 Å². The fourth-order valence-electron chi connectivity index (χ4n) is 1.71. The highest BCUT2D eigenvalue weighted by atomic mass is 32.2. The van der Waals surface area contributed by atoms with E-state index < -0.39 is 9.84 Å². The predicted molar refractivity (Wildman–Crippen MR) is 95.1 cm³/mol. The third-order valence-electron chi connectivity index (χ3n) is 2.79. The van der Waals surface area contributed by atoms with Gasteiger partial charge in [-0.15, -0.1) is 11.3 Å². The van der Waals surface area contributed by atoms with Crippen LogP contribution in [0.25, 0.3) is 0 Å². The summed E-state index contributed by atoms with van der Waals surface area (Å²) in [5, 5.41) is 9.55. The standard InChI is InChI=1S/C14H26N4O3S2/c1-4-15-14(16-6-5-13-11-22-12(2)18-13)17-7-8-21-9-10-23(3,19)20/h11H,4-10H2,1-3H3,(H2,15,16,17). The molecule has 0 bridgehead atoms. The monoisotopic (exact) mass is 362 g/mol. The molecule has 1 aromatic heterocycles. The van der Waals surface area contributed by atoms with Gasteiger partial charge < -0.3 is 15.4 Å². The van der Waals surface area contributed by atoms with E-state index in [4.69, 9.17) is 4.74 Å². The average Bonchev–Trinajstić information content (AvgIpc) is 2.87. The lowest BCUT2D eigenvalue weighted by Gasteiger charge is -2.10. The molecule has 9 heteroatoms. The minimum Gasteiger partial charge on any atom is -0.378 e. The van der Waals surface area contributed by atoms with Crippen molar-refractivity contribution in [1.29, 1.82) is 0 Å². The lowest BCUT2D eigenvalue weighted by atomic mass is 10.3. The molecule has 0 spiro atoms. The molecule has 1 heterocycles. The summed E-state index contributed by atoms with van der Waals surface area (Å²) in [6.45, 7) is 6.62. The maximum atomic E-state index is 11.0. The fraction of sp³-hybridized carbons (Fsp3) is 0.714. The van der Waals surface area contributed by atoms with Crippen molar-refractivity contribution in [3.8, 4) is 0 Å². The third kappa shape index (κ3) is 10.2. The fourth-order valence-corrected chi connectivity index (χ4v) is 2.78. The molecule has 0 aliphatic carbocycles. The van der Waals surface area contributed by atoms with Gasteiger partial charge in [0.15, 0.2) is 5.96 Å². The predicted octanol–water partition coefficient (Wildman–Crippen LogP) is 0.610. The lowest BCUT2D eigenvalue weighted by Crippen LogP contribution is -2.38. The summed E-state index contributed by atoms with van der Waals surface area (Å²) in [6, 6.07) is 0. The van der Waals surface area contributed by atoms with Gasteiger partial charge in [0.05, 0.1) is 36.2 Å². The van der Waals surface area contributed by atoms with Gasteiger partial charge in [0, 0.05) is 31.1 Å². The van der Waals surface area contributed by atoms with Crippen LogP contribution in [0.5, 0.6) is 0 Å². The van der Waals surface area contributed by atoms with Crippen molar-refractivity contribution in [3.05, 3.63) is 16.1 Å². The molecule has 23 heavy (non-hydrogen) atoms. The highest BCUT2D eigenvalue weighted by molar-refractivity contribution is 7.90. The molecule has 1 aromatic rings. The van der Waals surface area contributed by atoms with E-state index in [1.807, 2.05) is 13.8 Å². The second kappa shape index (κ2) is 10.6. The van der Waals surface area contributed by atoms with Gasteiger partial charge in [0.25, 0.3) is 0 Å². The van der Waals surface area contributed by atoms with Gasteiger partial charge >= 0.3 is 0 Å². The van der Waals surface area contributed by atoms with Gasteiger partial charge in [0.1, 0.15) is 9.84 Å². The van der Waals surface area contributed by atoms with Gasteiger partial charge in [-0.3, -0.25) is 4.99 Å². The Morgan fingerprint density at radius 2 is 2.17 bits per heavy atom. The Kier molecular flexibility index (Phi) is 9.12. The SMILES string of the molecule is CCNC(=NCCOCCS(C)(=O)=O)NCCc1csc(C)n1. The third-order valence-corrected chi connectivity index (χ3v) is 4.52.